The van der Waals surface area contributed by atoms with Crippen molar-refractivity contribution in [1.29, 1.82) is 0 Å². The van der Waals surface area contributed by atoms with E-state index in [4.69, 9.17) is 9.47 Å². The molecule has 102 valence electrons. The standard InChI is InChI=1S/C14H23NO3/c1-13(2,3)18-12(16)11-7-8-15(9-11)10-14(4,5)17-6/h7-9H,10H2,1-6H3. The molecule has 0 bridgehead atoms. The molecule has 18 heavy (non-hydrogen) atoms. The van der Waals surface area contributed by atoms with E-state index in [-0.39, 0.29) is 11.6 Å². The molecule has 0 N–H and O–H groups in total. The van der Waals surface area contributed by atoms with Crippen LogP contribution in [0.1, 0.15) is 45.0 Å². The minimum Gasteiger partial charge on any atom is -0.456 e. The number of hydrogen-bond donors (Lipinski definition) is 0. The normalized spacial score (nSPS) is 12.6. The Morgan fingerprint density at radius 1 is 1.28 bits per heavy atom. The molecule has 1 aromatic rings. The number of methoxy groups -OCH3 is 1. The van der Waals surface area contributed by atoms with E-state index >= 15 is 0 Å². The second kappa shape index (κ2) is 5.14. The van der Waals surface area contributed by atoms with Crippen molar-refractivity contribution in [3.63, 3.8) is 0 Å². The van der Waals surface area contributed by atoms with Gasteiger partial charge in [0.25, 0.3) is 0 Å². The Bertz CT molecular complexity index is 413. The third-order valence-corrected chi connectivity index (χ3v) is 2.50. The molecule has 0 atom stereocenters. The molecule has 0 aliphatic carbocycles. The molecule has 0 saturated heterocycles. The van der Waals surface area contributed by atoms with Crippen molar-refractivity contribution in [2.75, 3.05) is 7.11 Å². The number of aromatic nitrogens is 1. The predicted molar refractivity (Wildman–Crippen MR) is 70.7 cm³/mol. The molecule has 0 radical (unpaired) electrons. The fourth-order valence-electron chi connectivity index (χ4n) is 1.50. The third-order valence-electron chi connectivity index (χ3n) is 2.50. The molecule has 0 saturated carbocycles. The summed E-state index contributed by atoms with van der Waals surface area (Å²) in [6.07, 6.45) is 3.65. The van der Waals surface area contributed by atoms with E-state index in [1.54, 1.807) is 19.4 Å². The molecule has 0 unspecified atom stereocenters. The Morgan fingerprint density at radius 3 is 2.39 bits per heavy atom. The fourth-order valence-corrected chi connectivity index (χ4v) is 1.50. The first-order valence-corrected chi connectivity index (χ1v) is 6.07. The predicted octanol–water partition coefficient (Wildman–Crippen LogP) is 2.87. The van der Waals surface area contributed by atoms with Crippen molar-refractivity contribution in [2.45, 2.75) is 52.4 Å². The van der Waals surface area contributed by atoms with Crippen molar-refractivity contribution in [2.24, 2.45) is 0 Å². The summed E-state index contributed by atoms with van der Waals surface area (Å²) >= 11 is 0. The Hall–Kier alpha value is -1.29. The van der Waals surface area contributed by atoms with Crippen LogP contribution >= 0.6 is 0 Å². The van der Waals surface area contributed by atoms with Gasteiger partial charge in [0.1, 0.15) is 5.60 Å². The quantitative estimate of drug-likeness (QED) is 0.775. The number of esters is 1. The SMILES string of the molecule is COC(C)(C)Cn1ccc(C(=O)OC(C)(C)C)c1. The molecule has 0 aliphatic heterocycles. The van der Waals surface area contributed by atoms with E-state index in [1.165, 1.54) is 0 Å². The van der Waals surface area contributed by atoms with E-state index in [0.717, 1.165) is 0 Å². The zero-order valence-corrected chi connectivity index (χ0v) is 12.1. The highest BCUT2D eigenvalue weighted by molar-refractivity contribution is 5.89. The summed E-state index contributed by atoms with van der Waals surface area (Å²) in [5.41, 5.74) is -0.160. The van der Waals surface area contributed by atoms with Gasteiger partial charge in [-0.15, -0.1) is 0 Å². The lowest BCUT2D eigenvalue weighted by Gasteiger charge is -2.23. The maximum Gasteiger partial charge on any atom is 0.340 e. The van der Waals surface area contributed by atoms with Crippen LogP contribution in [0.3, 0.4) is 0 Å². The second-order valence-corrected chi connectivity index (χ2v) is 6.04. The number of carbonyl (C=O) groups is 1. The topological polar surface area (TPSA) is 40.5 Å². The second-order valence-electron chi connectivity index (χ2n) is 6.04. The van der Waals surface area contributed by atoms with E-state index in [9.17, 15) is 4.79 Å². The maximum atomic E-state index is 11.8. The van der Waals surface area contributed by atoms with Crippen molar-refractivity contribution in [3.8, 4) is 0 Å². The molecule has 0 aromatic carbocycles. The smallest absolute Gasteiger partial charge is 0.340 e. The van der Waals surface area contributed by atoms with E-state index < -0.39 is 5.60 Å². The molecule has 1 rings (SSSR count). The van der Waals surface area contributed by atoms with Crippen LogP contribution in [-0.2, 0) is 16.0 Å². The highest BCUT2D eigenvalue weighted by Gasteiger charge is 2.20. The van der Waals surface area contributed by atoms with Crippen LogP contribution in [0.15, 0.2) is 18.5 Å². The van der Waals surface area contributed by atoms with Gasteiger partial charge >= 0.3 is 5.97 Å². The summed E-state index contributed by atoms with van der Waals surface area (Å²) in [7, 11) is 1.68. The van der Waals surface area contributed by atoms with Gasteiger partial charge in [-0.3, -0.25) is 0 Å². The first-order chi connectivity index (χ1) is 8.13. The largest absolute Gasteiger partial charge is 0.456 e. The molecule has 0 spiro atoms. The van der Waals surface area contributed by atoms with Crippen molar-refractivity contribution < 1.29 is 14.3 Å². The highest BCUT2D eigenvalue weighted by atomic mass is 16.6. The summed E-state index contributed by atoms with van der Waals surface area (Å²) in [6.45, 7) is 10.3. The minimum absolute atomic E-state index is 0.260. The molecule has 1 heterocycles. The van der Waals surface area contributed by atoms with Crippen molar-refractivity contribution in [3.05, 3.63) is 24.0 Å². The van der Waals surface area contributed by atoms with Crippen molar-refractivity contribution >= 4 is 5.97 Å². The average Bonchev–Trinajstić information content (AvgIpc) is 2.63. The van der Waals surface area contributed by atoms with Gasteiger partial charge in [0.2, 0.25) is 0 Å². The minimum atomic E-state index is -0.467. The zero-order chi connectivity index (χ0) is 14.0. The van der Waals surface area contributed by atoms with Crippen LogP contribution < -0.4 is 0 Å². The first kappa shape index (κ1) is 14.8. The molecule has 0 amide bonds. The van der Waals surface area contributed by atoms with Crippen LogP contribution in [0.5, 0.6) is 0 Å². The number of rotatable bonds is 4. The summed E-state index contributed by atoms with van der Waals surface area (Å²) in [6, 6.07) is 1.76. The van der Waals surface area contributed by atoms with E-state index in [1.807, 2.05) is 45.4 Å². The molecule has 1 aromatic heterocycles. The van der Waals surface area contributed by atoms with Gasteiger partial charge < -0.3 is 14.0 Å². The van der Waals surface area contributed by atoms with Crippen LogP contribution in [0.2, 0.25) is 0 Å². The molecule has 4 heteroatoms. The summed E-state index contributed by atoms with van der Waals surface area (Å²) in [4.78, 5) is 11.8. The number of hydrogen-bond acceptors (Lipinski definition) is 3. The number of carbonyl (C=O) groups excluding carboxylic acids is 1. The van der Waals surface area contributed by atoms with E-state index in [0.29, 0.717) is 12.1 Å². The number of ether oxygens (including phenoxy) is 2. The molecular formula is C14H23NO3. The van der Waals surface area contributed by atoms with Gasteiger partial charge in [-0.25, -0.2) is 4.79 Å². The summed E-state index contributed by atoms with van der Waals surface area (Å²) < 4.78 is 12.6. The monoisotopic (exact) mass is 253 g/mol. The van der Waals surface area contributed by atoms with Gasteiger partial charge in [0, 0.05) is 19.5 Å². The number of nitrogens with zero attached hydrogens (tertiary/aromatic N) is 1. The van der Waals surface area contributed by atoms with Gasteiger partial charge in [0.15, 0.2) is 0 Å². The lowest BCUT2D eigenvalue weighted by molar-refractivity contribution is 0.00538. The van der Waals surface area contributed by atoms with Gasteiger partial charge in [-0.2, -0.15) is 0 Å². The van der Waals surface area contributed by atoms with Crippen LogP contribution in [0, 0.1) is 0 Å². The molecular weight excluding hydrogens is 230 g/mol. The van der Waals surface area contributed by atoms with Crippen LogP contribution in [0.4, 0.5) is 0 Å². The summed E-state index contributed by atoms with van der Waals surface area (Å²) in [5, 5.41) is 0. The van der Waals surface area contributed by atoms with Crippen molar-refractivity contribution in [1.82, 2.24) is 4.57 Å². The Balaban J connectivity index is 2.72. The van der Waals surface area contributed by atoms with Gasteiger partial charge in [-0.1, -0.05) is 0 Å². The van der Waals surface area contributed by atoms with E-state index in [2.05, 4.69) is 0 Å². The van der Waals surface area contributed by atoms with Gasteiger partial charge in [-0.05, 0) is 40.7 Å². The van der Waals surface area contributed by atoms with Crippen LogP contribution in [0.25, 0.3) is 0 Å². The molecule has 0 aliphatic rings. The Morgan fingerprint density at radius 2 is 1.89 bits per heavy atom. The Kier molecular flexibility index (Phi) is 4.22. The zero-order valence-electron chi connectivity index (χ0n) is 12.1. The first-order valence-electron chi connectivity index (χ1n) is 6.07. The third kappa shape index (κ3) is 4.53. The Labute approximate surface area is 109 Å². The fraction of sp³-hybridized carbons (Fsp3) is 0.643. The maximum absolute atomic E-state index is 11.8. The van der Waals surface area contributed by atoms with Crippen LogP contribution in [-0.4, -0.2) is 28.8 Å². The lowest BCUT2D eigenvalue weighted by Crippen LogP contribution is -2.28. The molecule has 4 nitrogen and oxygen atoms in total. The molecule has 0 fully saturated rings. The lowest BCUT2D eigenvalue weighted by atomic mass is 10.1. The van der Waals surface area contributed by atoms with Gasteiger partial charge in [0.05, 0.1) is 17.7 Å². The average molecular weight is 253 g/mol. The highest BCUT2D eigenvalue weighted by Crippen LogP contribution is 2.15. The summed E-state index contributed by atoms with van der Waals surface area (Å²) in [5.74, 6) is -0.295.